The molecule has 4 aromatic rings. The van der Waals surface area contributed by atoms with Gasteiger partial charge in [0.1, 0.15) is 11.9 Å². The molecule has 0 atom stereocenters. The number of hydrogen-bond acceptors (Lipinski definition) is 8. The number of pyridine rings is 2. The van der Waals surface area contributed by atoms with Crippen LogP contribution in [0.2, 0.25) is 0 Å². The highest BCUT2D eigenvalue weighted by molar-refractivity contribution is 6.06. The maximum absolute atomic E-state index is 12.7. The number of rotatable bonds is 8. The molecule has 5 rings (SSSR count). The van der Waals surface area contributed by atoms with E-state index in [0.717, 1.165) is 43.4 Å². The highest BCUT2D eigenvalue weighted by Gasteiger charge is 2.24. The smallest absolute Gasteiger partial charge is 0.407 e. The number of benzene rings is 2. The Labute approximate surface area is 284 Å². The number of alkyl carbamates (subject to hydrolysis) is 1. The first-order valence-electron chi connectivity index (χ1n) is 16.2. The number of carbonyl (C=O) groups is 4. The average Bonchev–Trinajstić information content (AvgIpc) is 3.08. The fraction of sp³-hybridized carbons (Fsp3) is 0.389. The Kier molecular flexibility index (Phi) is 12.1. The van der Waals surface area contributed by atoms with Crippen LogP contribution in [0.15, 0.2) is 70.3 Å². The minimum atomic E-state index is -0.506. The first kappa shape index (κ1) is 36.5. The van der Waals surface area contributed by atoms with Crippen molar-refractivity contribution in [3.05, 3.63) is 92.5 Å². The second-order valence-electron chi connectivity index (χ2n) is 12.7. The summed E-state index contributed by atoms with van der Waals surface area (Å²) in [5, 5.41) is 9.46. The Hall–Kier alpha value is -5.30. The number of aldehydes is 1. The fourth-order valence-corrected chi connectivity index (χ4v) is 5.82. The summed E-state index contributed by atoms with van der Waals surface area (Å²) < 4.78 is 8.40. The van der Waals surface area contributed by atoms with Gasteiger partial charge in [0.2, 0.25) is 0 Å². The van der Waals surface area contributed by atoms with Crippen molar-refractivity contribution in [3.63, 3.8) is 0 Å². The first-order chi connectivity index (χ1) is 23.4. The standard InChI is InChI=1S/C23H32N4O4.C13H12N2O3/c1-23(2,3)31-22(30)25-16-9-11-26(12-10-16)13-14-27-19-8-6-5-7-17(19)18(15-20(27)28)21(29)24-4;1-14-13(18)10-8-12(17)15(6-7-16)11-5-3-2-4-9(10)11/h5-8,15-16H,9-14H2,1-4H3,(H,24,29)(H,25,30);2-5,7-8H,6H2,1H3,(H,14,18). The summed E-state index contributed by atoms with van der Waals surface area (Å²) in [6.45, 7) is 8.46. The van der Waals surface area contributed by atoms with Gasteiger partial charge in [-0.1, -0.05) is 36.4 Å². The number of carbonyl (C=O) groups excluding carboxylic acids is 4. The largest absolute Gasteiger partial charge is 0.444 e. The maximum Gasteiger partial charge on any atom is 0.407 e. The van der Waals surface area contributed by atoms with E-state index in [4.69, 9.17) is 4.74 Å². The monoisotopic (exact) mass is 672 g/mol. The van der Waals surface area contributed by atoms with Gasteiger partial charge in [-0.15, -0.1) is 0 Å². The van der Waals surface area contributed by atoms with E-state index in [2.05, 4.69) is 20.9 Å². The quantitative estimate of drug-likeness (QED) is 0.241. The van der Waals surface area contributed by atoms with E-state index in [-0.39, 0.29) is 41.6 Å². The van der Waals surface area contributed by atoms with Gasteiger partial charge < -0.3 is 39.5 Å². The van der Waals surface area contributed by atoms with Crippen molar-refractivity contribution in [2.75, 3.05) is 33.7 Å². The molecule has 1 saturated heterocycles. The van der Waals surface area contributed by atoms with Crippen LogP contribution >= 0.6 is 0 Å². The van der Waals surface area contributed by atoms with E-state index in [9.17, 15) is 28.8 Å². The molecule has 1 fully saturated rings. The third kappa shape index (κ3) is 9.20. The summed E-state index contributed by atoms with van der Waals surface area (Å²) in [5.41, 5.74) is 1.01. The summed E-state index contributed by atoms with van der Waals surface area (Å²) in [6.07, 6.45) is 1.96. The molecule has 0 aliphatic carbocycles. The molecule has 3 heterocycles. The van der Waals surface area contributed by atoms with Crippen LogP contribution in [0.25, 0.3) is 21.8 Å². The number of fused-ring (bicyclic) bond motifs is 2. The van der Waals surface area contributed by atoms with Gasteiger partial charge in [0.05, 0.1) is 28.7 Å². The summed E-state index contributed by atoms with van der Waals surface area (Å²) >= 11 is 0. The van der Waals surface area contributed by atoms with E-state index in [0.29, 0.717) is 34.9 Å². The summed E-state index contributed by atoms with van der Waals surface area (Å²) in [5.74, 6) is -0.582. The number of amides is 3. The van der Waals surface area contributed by atoms with Gasteiger partial charge in [0.15, 0.2) is 0 Å². The molecule has 2 aromatic carbocycles. The van der Waals surface area contributed by atoms with Crippen molar-refractivity contribution in [1.29, 1.82) is 0 Å². The third-order valence-electron chi connectivity index (χ3n) is 8.19. The first-order valence-corrected chi connectivity index (χ1v) is 16.2. The summed E-state index contributed by atoms with van der Waals surface area (Å²) in [6, 6.07) is 17.3. The number of nitrogens with zero attached hydrogens (tertiary/aromatic N) is 3. The van der Waals surface area contributed by atoms with Crippen LogP contribution in [0.3, 0.4) is 0 Å². The van der Waals surface area contributed by atoms with Crippen LogP contribution in [0.1, 0.15) is 54.3 Å². The Bertz CT molecular complexity index is 1950. The number of hydrogen-bond donors (Lipinski definition) is 3. The molecule has 49 heavy (non-hydrogen) atoms. The van der Waals surface area contributed by atoms with Gasteiger partial charge in [-0.25, -0.2) is 4.79 Å². The second kappa shape index (κ2) is 16.2. The normalized spacial score (nSPS) is 13.7. The molecule has 1 aliphatic rings. The molecule has 3 amide bonds. The minimum Gasteiger partial charge on any atom is -0.444 e. The lowest BCUT2D eigenvalue weighted by molar-refractivity contribution is -0.108. The van der Waals surface area contributed by atoms with E-state index >= 15 is 0 Å². The molecule has 13 heteroatoms. The Morgan fingerprint density at radius 3 is 1.78 bits per heavy atom. The molecule has 0 radical (unpaired) electrons. The molecular weight excluding hydrogens is 628 g/mol. The van der Waals surface area contributed by atoms with Crippen LogP contribution in [0.5, 0.6) is 0 Å². The topological polar surface area (TPSA) is 161 Å². The molecule has 1 aliphatic heterocycles. The lowest BCUT2D eigenvalue weighted by atomic mass is 10.1. The number of para-hydroxylation sites is 2. The van der Waals surface area contributed by atoms with Gasteiger partial charge in [-0.2, -0.15) is 0 Å². The van der Waals surface area contributed by atoms with E-state index in [1.807, 2.05) is 45.0 Å². The number of piperidine rings is 1. The number of likely N-dealkylation sites (tertiary alicyclic amines) is 1. The van der Waals surface area contributed by atoms with Crippen molar-refractivity contribution < 1.29 is 23.9 Å². The lowest BCUT2D eigenvalue weighted by Crippen LogP contribution is -2.46. The zero-order valence-electron chi connectivity index (χ0n) is 28.6. The molecule has 0 bridgehead atoms. The van der Waals surface area contributed by atoms with Gasteiger partial charge in [-0.3, -0.25) is 19.2 Å². The molecule has 2 aromatic heterocycles. The summed E-state index contributed by atoms with van der Waals surface area (Å²) in [7, 11) is 3.07. The van der Waals surface area contributed by atoms with Crippen LogP contribution in [0.4, 0.5) is 4.79 Å². The zero-order chi connectivity index (χ0) is 35.7. The summed E-state index contributed by atoms with van der Waals surface area (Å²) in [4.78, 5) is 73.4. The van der Waals surface area contributed by atoms with Gasteiger partial charge in [0, 0.05) is 69.2 Å². The SMILES string of the molecule is CNC(=O)c1cc(=O)n(CC=O)c2ccccc12.CNC(=O)c1cc(=O)n(CCN2CCC(NC(=O)OC(C)(C)C)CC2)c2ccccc12. The van der Waals surface area contributed by atoms with E-state index < -0.39 is 5.60 Å². The minimum absolute atomic E-state index is 0.0205. The predicted octanol–water partition coefficient (Wildman–Crippen LogP) is 2.91. The van der Waals surface area contributed by atoms with Crippen molar-refractivity contribution in [2.45, 2.75) is 58.3 Å². The van der Waals surface area contributed by atoms with E-state index in [1.54, 1.807) is 35.9 Å². The zero-order valence-corrected chi connectivity index (χ0v) is 28.6. The third-order valence-corrected chi connectivity index (χ3v) is 8.19. The van der Waals surface area contributed by atoms with Crippen LogP contribution in [-0.4, -0.2) is 83.6 Å². The molecule has 0 spiro atoms. The van der Waals surface area contributed by atoms with E-state index in [1.165, 1.54) is 23.7 Å². The molecule has 260 valence electrons. The molecule has 0 saturated carbocycles. The Morgan fingerprint density at radius 2 is 1.29 bits per heavy atom. The van der Waals surface area contributed by atoms with Crippen molar-refractivity contribution >= 4 is 46.0 Å². The number of ether oxygens (including phenoxy) is 1. The second-order valence-corrected chi connectivity index (χ2v) is 12.7. The van der Waals surface area contributed by atoms with Crippen molar-refractivity contribution in [1.82, 2.24) is 30.0 Å². The van der Waals surface area contributed by atoms with Crippen LogP contribution < -0.4 is 27.1 Å². The number of nitrogens with one attached hydrogen (secondary N) is 3. The highest BCUT2D eigenvalue weighted by Crippen LogP contribution is 2.19. The molecule has 0 unspecified atom stereocenters. The van der Waals surface area contributed by atoms with Crippen molar-refractivity contribution in [3.8, 4) is 0 Å². The molecule has 3 N–H and O–H groups in total. The van der Waals surface area contributed by atoms with Gasteiger partial charge in [-0.05, 0) is 45.7 Å². The lowest BCUT2D eigenvalue weighted by Gasteiger charge is -2.33. The van der Waals surface area contributed by atoms with Gasteiger partial charge >= 0.3 is 6.09 Å². The maximum atomic E-state index is 12.7. The Morgan fingerprint density at radius 1 is 0.796 bits per heavy atom. The molecule has 13 nitrogen and oxygen atoms in total. The Balaban J connectivity index is 0.000000254. The number of aromatic nitrogens is 2. The van der Waals surface area contributed by atoms with Crippen molar-refractivity contribution in [2.24, 2.45) is 0 Å². The average molecular weight is 673 g/mol. The molecular formula is C36H44N6O7. The van der Waals surface area contributed by atoms with Crippen LogP contribution in [-0.2, 0) is 22.6 Å². The predicted molar refractivity (Wildman–Crippen MR) is 188 cm³/mol. The highest BCUT2D eigenvalue weighted by atomic mass is 16.6. The van der Waals surface area contributed by atoms with Crippen LogP contribution in [0, 0.1) is 0 Å². The fourth-order valence-electron chi connectivity index (χ4n) is 5.82. The van der Waals surface area contributed by atoms with Gasteiger partial charge in [0.25, 0.3) is 22.9 Å².